The van der Waals surface area contributed by atoms with Crippen LogP contribution in [-0.2, 0) is 28.7 Å². The normalized spacial score (nSPS) is 11.1. The maximum absolute atomic E-state index is 11.8. The quantitative estimate of drug-likeness (QED) is 0.498. The van der Waals surface area contributed by atoms with Gasteiger partial charge in [-0.3, -0.25) is 9.59 Å². The molecule has 0 aromatic carbocycles. The molecule has 0 radical (unpaired) electrons. The van der Waals surface area contributed by atoms with Crippen molar-refractivity contribution in [3.63, 3.8) is 0 Å². The van der Waals surface area contributed by atoms with Crippen LogP contribution in [0.3, 0.4) is 0 Å². The predicted octanol–water partition coefficient (Wildman–Crippen LogP) is 1.45. The molecule has 0 aliphatic rings. The van der Waals surface area contributed by atoms with Crippen LogP contribution in [0.4, 0.5) is 0 Å². The number of carbonyl (C=O) groups excluding carboxylic acids is 3. The van der Waals surface area contributed by atoms with Crippen molar-refractivity contribution in [1.29, 1.82) is 0 Å². The third kappa shape index (κ3) is 8.41. The van der Waals surface area contributed by atoms with Gasteiger partial charge in [-0.2, -0.15) is 0 Å². The van der Waals surface area contributed by atoms with E-state index in [0.717, 1.165) is 6.92 Å². The second-order valence-electron chi connectivity index (χ2n) is 5.01. The van der Waals surface area contributed by atoms with Crippen molar-refractivity contribution in [2.45, 2.75) is 53.1 Å². The summed E-state index contributed by atoms with van der Waals surface area (Å²) in [6, 6.07) is 0. The molecule has 0 N–H and O–H groups in total. The van der Waals surface area contributed by atoms with Gasteiger partial charge in [0.1, 0.15) is 0 Å². The Morgan fingerprint density at radius 3 is 2.19 bits per heavy atom. The fourth-order valence-corrected chi connectivity index (χ4v) is 1.49. The molecule has 0 aromatic heterocycles. The number of nitrogens with zero attached hydrogens (tertiary/aromatic N) is 1. The van der Waals surface area contributed by atoms with Gasteiger partial charge in [-0.15, -0.1) is 5.06 Å². The van der Waals surface area contributed by atoms with Gasteiger partial charge >= 0.3 is 5.97 Å². The Morgan fingerprint density at radius 1 is 1.10 bits per heavy atom. The van der Waals surface area contributed by atoms with Gasteiger partial charge in [0.2, 0.25) is 0 Å². The highest BCUT2D eigenvalue weighted by molar-refractivity contribution is 5.94. The fourth-order valence-electron chi connectivity index (χ4n) is 1.49. The minimum atomic E-state index is -0.772. The topological polar surface area (TPSA) is 82.1 Å². The molecule has 0 saturated heterocycles. The highest BCUT2D eigenvalue weighted by atomic mass is 16.7. The van der Waals surface area contributed by atoms with Crippen molar-refractivity contribution in [3.05, 3.63) is 0 Å². The third-order valence-corrected chi connectivity index (χ3v) is 2.50. The van der Waals surface area contributed by atoms with Crippen LogP contribution in [-0.4, -0.2) is 48.3 Å². The number of carbonyl (C=O) groups is 3. The molecular formula is C14H25NO6. The van der Waals surface area contributed by atoms with Crippen LogP contribution in [0.5, 0.6) is 0 Å². The maximum Gasteiger partial charge on any atom is 0.336 e. The monoisotopic (exact) mass is 303 g/mol. The number of rotatable bonds is 8. The minimum absolute atomic E-state index is 0.0705. The summed E-state index contributed by atoms with van der Waals surface area (Å²) in [4.78, 5) is 39.4. The van der Waals surface area contributed by atoms with Crippen LogP contribution in [0, 0.1) is 0 Å². The van der Waals surface area contributed by atoms with Crippen molar-refractivity contribution in [3.8, 4) is 0 Å². The highest BCUT2D eigenvalue weighted by Gasteiger charge is 2.28. The van der Waals surface area contributed by atoms with Gasteiger partial charge in [0.25, 0.3) is 11.8 Å². The summed E-state index contributed by atoms with van der Waals surface area (Å²) < 4.78 is 10.7. The number of imide groups is 1. The van der Waals surface area contributed by atoms with Crippen LogP contribution in [0.25, 0.3) is 0 Å². The molecule has 0 aliphatic carbocycles. The Hall–Kier alpha value is -1.47. The molecule has 0 heterocycles. The number of amides is 2. The molecule has 0 rings (SSSR count). The molecule has 0 unspecified atom stereocenters. The van der Waals surface area contributed by atoms with E-state index in [4.69, 9.17) is 14.3 Å². The summed E-state index contributed by atoms with van der Waals surface area (Å²) in [5.74, 6) is -1.90. The zero-order chi connectivity index (χ0) is 16.5. The first-order chi connectivity index (χ1) is 9.73. The number of hydroxylamine groups is 2. The van der Waals surface area contributed by atoms with Crippen LogP contribution in [0.15, 0.2) is 0 Å². The summed E-state index contributed by atoms with van der Waals surface area (Å²) in [6.07, 6.45) is -0.0129. The molecule has 0 aromatic rings. The third-order valence-electron chi connectivity index (χ3n) is 2.50. The molecule has 0 aliphatic heterocycles. The van der Waals surface area contributed by atoms with E-state index in [2.05, 4.69) is 0 Å². The van der Waals surface area contributed by atoms with Crippen molar-refractivity contribution in [2.24, 2.45) is 0 Å². The zero-order valence-electron chi connectivity index (χ0n) is 13.4. The molecule has 0 bridgehead atoms. The van der Waals surface area contributed by atoms with Crippen molar-refractivity contribution in [1.82, 2.24) is 5.06 Å². The summed E-state index contributed by atoms with van der Waals surface area (Å²) in [5, 5.41) is 0.485. The molecule has 7 heteroatoms. The first-order valence-electron chi connectivity index (χ1n) is 6.99. The lowest BCUT2D eigenvalue weighted by Gasteiger charge is -2.25. The Kier molecular flexibility index (Phi) is 8.80. The molecule has 21 heavy (non-hydrogen) atoms. The van der Waals surface area contributed by atoms with E-state index >= 15 is 0 Å². The highest BCUT2D eigenvalue weighted by Crippen LogP contribution is 2.16. The summed E-state index contributed by atoms with van der Waals surface area (Å²) >= 11 is 0. The Bertz CT molecular complexity index is 366. The second kappa shape index (κ2) is 9.46. The molecular weight excluding hydrogens is 278 g/mol. The molecule has 122 valence electrons. The van der Waals surface area contributed by atoms with E-state index in [1.807, 2.05) is 6.92 Å². The molecule has 0 saturated carbocycles. The lowest BCUT2D eigenvalue weighted by Crippen LogP contribution is -2.39. The van der Waals surface area contributed by atoms with E-state index in [9.17, 15) is 14.4 Å². The fraction of sp³-hybridized carbons (Fsp3) is 0.786. The minimum Gasteiger partial charge on any atom is -0.379 e. The second-order valence-corrected chi connectivity index (χ2v) is 5.01. The van der Waals surface area contributed by atoms with Crippen molar-refractivity contribution in [2.75, 3.05) is 19.8 Å². The van der Waals surface area contributed by atoms with Crippen LogP contribution < -0.4 is 0 Å². The largest absolute Gasteiger partial charge is 0.379 e. The smallest absolute Gasteiger partial charge is 0.336 e. The van der Waals surface area contributed by atoms with Crippen LogP contribution in [0.1, 0.15) is 47.5 Å². The van der Waals surface area contributed by atoms with Gasteiger partial charge in [-0.05, 0) is 20.8 Å². The Balaban J connectivity index is 4.38. The SMILES string of the molecule is CCOCCOC(C)(C)CC(=O)ON(C(C)=O)C(=O)CC. The van der Waals surface area contributed by atoms with Crippen molar-refractivity contribution >= 4 is 17.8 Å². The molecule has 0 fully saturated rings. The van der Waals surface area contributed by atoms with E-state index < -0.39 is 23.4 Å². The van der Waals surface area contributed by atoms with Gasteiger partial charge in [0.15, 0.2) is 0 Å². The molecule has 7 nitrogen and oxygen atoms in total. The first kappa shape index (κ1) is 19.5. The van der Waals surface area contributed by atoms with Crippen LogP contribution >= 0.6 is 0 Å². The summed E-state index contributed by atoms with van der Waals surface area (Å²) in [7, 11) is 0. The number of ether oxygens (including phenoxy) is 2. The van der Waals surface area contributed by atoms with Gasteiger partial charge in [0, 0.05) is 20.0 Å². The molecule has 0 atom stereocenters. The standard InChI is InChI=1S/C14H25NO6/c1-6-12(17)15(11(3)16)21-13(18)10-14(4,5)20-9-8-19-7-2/h6-10H2,1-5H3. The lowest BCUT2D eigenvalue weighted by atomic mass is 10.1. The Labute approximate surface area is 125 Å². The number of hydrogen-bond donors (Lipinski definition) is 0. The van der Waals surface area contributed by atoms with E-state index in [1.165, 1.54) is 0 Å². The summed E-state index contributed by atoms with van der Waals surface area (Å²) in [5.41, 5.74) is -0.772. The van der Waals surface area contributed by atoms with E-state index in [-0.39, 0.29) is 12.8 Å². The average molecular weight is 303 g/mol. The van der Waals surface area contributed by atoms with Gasteiger partial charge in [0.05, 0.1) is 25.2 Å². The first-order valence-corrected chi connectivity index (χ1v) is 6.99. The summed E-state index contributed by atoms with van der Waals surface area (Å²) in [6.45, 7) is 9.43. The van der Waals surface area contributed by atoms with E-state index in [0.29, 0.717) is 24.9 Å². The number of hydrogen-bond acceptors (Lipinski definition) is 6. The average Bonchev–Trinajstić information content (AvgIpc) is 2.39. The van der Waals surface area contributed by atoms with Gasteiger partial charge < -0.3 is 14.3 Å². The van der Waals surface area contributed by atoms with Crippen molar-refractivity contribution < 1.29 is 28.7 Å². The molecule has 2 amide bonds. The predicted molar refractivity (Wildman–Crippen MR) is 75.1 cm³/mol. The zero-order valence-corrected chi connectivity index (χ0v) is 13.4. The van der Waals surface area contributed by atoms with Crippen LogP contribution in [0.2, 0.25) is 0 Å². The van der Waals surface area contributed by atoms with Gasteiger partial charge in [-0.1, -0.05) is 6.92 Å². The Morgan fingerprint density at radius 2 is 1.71 bits per heavy atom. The van der Waals surface area contributed by atoms with E-state index in [1.54, 1.807) is 20.8 Å². The molecule has 0 spiro atoms. The lowest BCUT2D eigenvalue weighted by molar-refractivity contribution is -0.204. The van der Waals surface area contributed by atoms with Gasteiger partial charge in [-0.25, -0.2) is 4.79 Å². The maximum atomic E-state index is 11.8.